The van der Waals surface area contributed by atoms with Crippen LogP contribution in [0.4, 0.5) is 0 Å². The third-order valence-corrected chi connectivity index (χ3v) is 4.28. The minimum atomic E-state index is -0.255. The largest absolute Gasteiger partial charge is 0.437 e. The van der Waals surface area contributed by atoms with Gasteiger partial charge in [0.05, 0.1) is 18.4 Å². The van der Waals surface area contributed by atoms with E-state index in [9.17, 15) is 4.79 Å². The fraction of sp³-hybridized carbons (Fsp3) is 0.733. The Bertz CT molecular complexity index is 531. The number of amides is 1. The maximum Gasteiger partial charge on any atom is 0.307 e. The molecule has 0 spiro atoms. The number of carbonyl (C=O) groups excluding carboxylic acids is 1. The van der Waals surface area contributed by atoms with Crippen LogP contribution in [-0.2, 0) is 17.7 Å². The van der Waals surface area contributed by atoms with E-state index in [1.165, 1.54) is 0 Å². The number of carbonyl (C=O) groups is 1. The lowest BCUT2D eigenvalue weighted by Crippen LogP contribution is -2.45. The normalized spacial score (nSPS) is 23.3. The van der Waals surface area contributed by atoms with E-state index >= 15 is 0 Å². The highest BCUT2D eigenvalue weighted by Gasteiger charge is 2.25. The van der Waals surface area contributed by atoms with Crippen molar-refractivity contribution in [3.63, 3.8) is 0 Å². The van der Waals surface area contributed by atoms with E-state index in [0.717, 1.165) is 50.6 Å². The zero-order valence-corrected chi connectivity index (χ0v) is 13.3. The molecule has 0 aliphatic carbocycles. The van der Waals surface area contributed by atoms with Crippen molar-refractivity contribution in [2.75, 3.05) is 46.4 Å². The van der Waals surface area contributed by atoms with Crippen LogP contribution in [0.5, 0.6) is 0 Å². The van der Waals surface area contributed by atoms with E-state index < -0.39 is 0 Å². The summed E-state index contributed by atoms with van der Waals surface area (Å²) in [7, 11) is 2.05. The molecule has 122 valence electrons. The number of likely N-dealkylation sites (N-methyl/N-ethyl adjacent to an activating group) is 2. The average molecular weight is 308 g/mol. The van der Waals surface area contributed by atoms with Crippen LogP contribution in [0.25, 0.3) is 0 Å². The Labute approximate surface area is 130 Å². The first-order chi connectivity index (χ1) is 10.7. The Balaban J connectivity index is 1.55. The van der Waals surface area contributed by atoms with Crippen molar-refractivity contribution >= 4 is 5.91 Å². The lowest BCUT2D eigenvalue weighted by molar-refractivity contribution is -0.0176. The molecule has 0 bridgehead atoms. The monoisotopic (exact) mass is 308 g/mol. The molecule has 0 radical (unpaired) electrons. The molecule has 7 heteroatoms. The molecule has 3 rings (SSSR count). The van der Waals surface area contributed by atoms with Crippen LogP contribution < -0.4 is 5.32 Å². The molecular formula is C15H24N4O3. The summed E-state index contributed by atoms with van der Waals surface area (Å²) in [5, 5.41) is 2.86. The van der Waals surface area contributed by atoms with Gasteiger partial charge in [0, 0.05) is 39.1 Å². The number of hydrogen-bond donors (Lipinski definition) is 1. The van der Waals surface area contributed by atoms with Crippen LogP contribution in [0, 0.1) is 0 Å². The average Bonchev–Trinajstić information content (AvgIpc) is 2.95. The van der Waals surface area contributed by atoms with Crippen molar-refractivity contribution in [2.45, 2.75) is 26.0 Å². The van der Waals surface area contributed by atoms with Crippen LogP contribution in [-0.4, -0.2) is 73.2 Å². The third kappa shape index (κ3) is 3.48. The number of fused-ring (bicyclic) bond motifs is 1. The van der Waals surface area contributed by atoms with E-state index in [4.69, 9.17) is 9.15 Å². The van der Waals surface area contributed by atoms with Crippen molar-refractivity contribution in [3.05, 3.63) is 17.3 Å². The molecule has 1 aromatic rings. The Kier molecular flexibility index (Phi) is 4.75. The van der Waals surface area contributed by atoms with Gasteiger partial charge >= 0.3 is 5.91 Å². The zero-order chi connectivity index (χ0) is 15.5. The highest BCUT2D eigenvalue weighted by atomic mass is 16.5. The molecule has 0 saturated carbocycles. The highest BCUT2D eigenvalue weighted by Crippen LogP contribution is 2.19. The molecule has 2 aliphatic heterocycles. The topological polar surface area (TPSA) is 70.8 Å². The van der Waals surface area contributed by atoms with Gasteiger partial charge < -0.3 is 19.4 Å². The molecule has 0 aromatic carbocycles. The first-order valence-corrected chi connectivity index (χ1v) is 7.95. The highest BCUT2D eigenvalue weighted by molar-refractivity contribution is 5.89. The SMILES string of the molecule is CCN1CCc2oc(C(=O)NC[C@@H]3CN(C)CCO3)nc2C1. The summed E-state index contributed by atoms with van der Waals surface area (Å²) < 4.78 is 11.3. The fourth-order valence-corrected chi connectivity index (χ4v) is 2.89. The summed E-state index contributed by atoms with van der Waals surface area (Å²) in [5.41, 5.74) is 0.895. The zero-order valence-electron chi connectivity index (χ0n) is 13.3. The maximum absolute atomic E-state index is 12.2. The van der Waals surface area contributed by atoms with E-state index in [0.29, 0.717) is 13.2 Å². The van der Waals surface area contributed by atoms with Gasteiger partial charge in [0.15, 0.2) is 0 Å². The summed E-state index contributed by atoms with van der Waals surface area (Å²) in [6, 6.07) is 0. The number of aromatic nitrogens is 1. The van der Waals surface area contributed by atoms with Gasteiger partial charge in [-0.1, -0.05) is 6.92 Å². The maximum atomic E-state index is 12.2. The minimum absolute atomic E-state index is 0.0304. The number of oxazole rings is 1. The van der Waals surface area contributed by atoms with Crippen molar-refractivity contribution in [1.29, 1.82) is 0 Å². The molecule has 22 heavy (non-hydrogen) atoms. The molecule has 2 aliphatic rings. The Morgan fingerprint density at radius 1 is 1.45 bits per heavy atom. The van der Waals surface area contributed by atoms with Gasteiger partial charge in [0.2, 0.25) is 0 Å². The van der Waals surface area contributed by atoms with Crippen molar-refractivity contribution in [1.82, 2.24) is 20.1 Å². The minimum Gasteiger partial charge on any atom is -0.437 e. The second-order valence-corrected chi connectivity index (χ2v) is 5.97. The van der Waals surface area contributed by atoms with Crippen LogP contribution in [0.15, 0.2) is 4.42 Å². The molecular weight excluding hydrogens is 284 g/mol. The molecule has 3 heterocycles. The molecule has 1 saturated heterocycles. The van der Waals surface area contributed by atoms with Crippen LogP contribution in [0.1, 0.15) is 29.1 Å². The standard InChI is InChI=1S/C15H24N4O3/c1-3-19-5-4-13-12(10-19)17-15(22-13)14(20)16-8-11-9-18(2)6-7-21-11/h11H,3-10H2,1-2H3,(H,16,20)/t11-/m1/s1. The van der Waals surface area contributed by atoms with Gasteiger partial charge in [-0.05, 0) is 13.6 Å². The summed E-state index contributed by atoms with van der Waals surface area (Å²) in [6.07, 6.45) is 0.850. The van der Waals surface area contributed by atoms with Crippen molar-refractivity contribution < 1.29 is 13.9 Å². The van der Waals surface area contributed by atoms with Crippen molar-refractivity contribution in [2.24, 2.45) is 0 Å². The smallest absolute Gasteiger partial charge is 0.307 e. The predicted octanol–water partition coefficient (Wildman–Crippen LogP) is 0.113. The number of ether oxygens (including phenoxy) is 1. The molecule has 1 aromatic heterocycles. The van der Waals surface area contributed by atoms with Gasteiger partial charge in [-0.15, -0.1) is 0 Å². The molecule has 1 atom stereocenters. The predicted molar refractivity (Wildman–Crippen MR) is 80.7 cm³/mol. The summed E-state index contributed by atoms with van der Waals surface area (Å²) in [6.45, 7) is 7.79. The Hall–Kier alpha value is -1.44. The van der Waals surface area contributed by atoms with Crippen LogP contribution >= 0.6 is 0 Å². The first-order valence-electron chi connectivity index (χ1n) is 7.95. The second-order valence-electron chi connectivity index (χ2n) is 5.97. The summed E-state index contributed by atoms with van der Waals surface area (Å²) >= 11 is 0. The number of nitrogens with one attached hydrogen (secondary N) is 1. The number of rotatable bonds is 4. The molecule has 1 N–H and O–H groups in total. The first kappa shape index (κ1) is 15.5. The Morgan fingerprint density at radius 3 is 3.09 bits per heavy atom. The lowest BCUT2D eigenvalue weighted by Gasteiger charge is -2.29. The van der Waals surface area contributed by atoms with Gasteiger partial charge in [-0.25, -0.2) is 4.98 Å². The number of hydrogen-bond acceptors (Lipinski definition) is 6. The van der Waals surface area contributed by atoms with Gasteiger partial charge in [-0.2, -0.15) is 0 Å². The van der Waals surface area contributed by atoms with Crippen molar-refractivity contribution in [3.8, 4) is 0 Å². The second kappa shape index (κ2) is 6.76. The third-order valence-electron chi connectivity index (χ3n) is 4.28. The van der Waals surface area contributed by atoms with E-state index in [1.54, 1.807) is 0 Å². The van der Waals surface area contributed by atoms with Crippen LogP contribution in [0.2, 0.25) is 0 Å². The molecule has 1 amide bonds. The number of nitrogens with zero attached hydrogens (tertiary/aromatic N) is 3. The quantitative estimate of drug-likeness (QED) is 0.851. The van der Waals surface area contributed by atoms with E-state index in [-0.39, 0.29) is 17.9 Å². The number of morpholine rings is 1. The fourth-order valence-electron chi connectivity index (χ4n) is 2.89. The Morgan fingerprint density at radius 2 is 2.32 bits per heavy atom. The van der Waals surface area contributed by atoms with Gasteiger partial charge in [0.25, 0.3) is 5.89 Å². The molecule has 7 nitrogen and oxygen atoms in total. The molecule has 0 unspecified atom stereocenters. The van der Waals surface area contributed by atoms with E-state index in [1.807, 2.05) is 0 Å². The summed E-state index contributed by atoms with van der Waals surface area (Å²) in [4.78, 5) is 21.0. The van der Waals surface area contributed by atoms with Gasteiger partial charge in [-0.3, -0.25) is 9.69 Å². The summed E-state index contributed by atoms with van der Waals surface area (Å²) in [5.74, 6) is 0.768. The van der Waals surface area contributed by atoms with Gasteiger partial charge in [0.1, 0.15) is 5.76 Å². The molecule has 1 fully saturated rings. The lowest BCUT2D eigenvalue weighted by atomic mass is 10.2. The van der Waals surface area contributed by atoms with E-state index in [2.05, 4.69) is 34.1 Å². The van der Waals surface area contributed by atoms with Crippen LogP contribution in [0.3, 0.4) is 0 Å².